The molecule has 2 fully saturated rings. The summed E-state index contributed by atoms with van der Waals surface area (Å²) < 4.78 is 5.48. The van der Waals surface area contributed by atoms with Crippen LogP contribution in [-0.4, -0.2) is 37.2 Å². The quantitative estimate of drug-likeness (QED) is 0.619. The fourth-order valence-electron chi connectivity index (χ4n) is 2.46. The SMILES string of the molecule is CC(C)CN1CC[C@@H]2COC[C@H]21. The Morgan fingerprint density at radius 2 is 2.25 bits per heavy atom. The maximum atomic E-state index is 5.48. The van der Waals surface area contributed by atoms with E-state index in [1.807, 2.05) is 0 Å². The molecule has 2 nitrogen and oxygen atoms in total. The highest BCUT2D eigenvalue weighted by Gasteiger charge is 2.38. The third kappa shape index (κ3) is 1.50. The number of ether oxygens (including phenoxy) is 1. The van der Waals surface area contributed by atoms with Crippen molar-refractivity contribution in [1.29, 1.82) is 0 Å². The van der Waals surface area contributed by atoms with Gasteiger partial charge in [-0.05, 0) is 18.9 Å². The zero-order chi connectivity index (χ0) is 8.55. The van der Waals surface area contributed by atoms with Gasteiger partial charge < -0.3 is 4.74 Å². The van der Waals surface area contributed by atoms with Crippen LogP contribution in [0.1, 0.15) is 20.3 Å². The highest BCUT2D eigenvalue weighted by molar-refractivity contribution is 4.90. The van der Waals surface area contributed by atoms with Crippen molar-refractivity contribution in [2.24, 2.45) is 11.8 Å². The van der Waals surface area contributed by atoms with Crippen molar-refractivity contribution >= 4 is 0 Å². The molecule has 0 aromatic carbocycles. The van der Waals surface area contributed by atoms with Gasteiger partial charge >= 0.3 is 0 Å². The summed E-state index contributed by atoms with van der Waals surface area (Å²) in [4.78, 5) is 2.61. The predicted octanol–water partition coefficient (Wildman–Crippen LogP) is 1.36. The van der Waals surface area contributed by atoms with Gasteiger partial charge in [-0.15, -0.1) is 0 Å². The van der Waals surface area contributed by atoms with Crippen molar-refractivity contribution in [3.05, 3.63) is 0 Å². The van der Waals surface area contributed by atoms with Crippen LogP contribution in [0.25, 0.3) is 0 Å². The summed E-state index contributed by atoms with van der Waals surface area (Å²) in [6.45, 7) is 9.14. The third-order valence-electron chi connectivity index (χ3n) is 3.02. The van der Waals surface area contributed by atoms with Gasteiger partial charge in [0.15, 0.2) is 0 Å². The molecule has 2 heterocycles. The summed E-state index contributed by atoms with van der Waals surface area (Å²) in [6.07, 6.45) is 1.36. The molecule has 0 amide bonds. The van der Waals surface area contributed by atoms with Crippen LogP contribution in [0.2, 0.25) is 0 Å². The van der Waals surface area contributed by atoms with E-state index in [0.717, 1.165) is 31.1 Å². The summed E-state index contributed by atoms with van der Waals surface area (Å²) in [6, 6.07) is 0.757. The molecule has 2 heteroatoms. The lowest BCUT2D eigenvalue weighted by Crippen LogP contribution is -2.35. The molecule has 0 bridgehead atoms. The van der Waals surface area contributed by atoms with Crippen LogP contribution >= 0.6 is 0 Å². The average molecular weight is 169 g/mol. The molecular formula is C10H19NO. The number of fused-ring (bicyclic) bond motifs is 1. The third-order valence-corrected chi connectivity index (χ3v) is 3.02. The molecule has 0 N–H and O–H groups in total. The Morgan fingerprint density at radius 3 is 3.00 bits per heavy atom. The van der Waals surface area contributed by atoms with Gasteiger partial charge in [0.2, 0.25) is 0 Å². The van der Waals surface area contributed by atoms with Crippen molar-refractivity contribution in [3.63, 3.8) is 0 Å². The van der Waals surface area contributed by atoms with E-state index in [1.54, 1.807) is 0 Å². The van der Waals surface area contributed by atoms with Crippen LogP contribution in [0.4, 0.5) is 0 Å². The number of nitrogens with zero attached hydrogens (tertiary/aromatic N) is 1. The minimum Gasteiger partial charge on any atom is -0.379 e. The first-order chi connectivity index (χ1) is 5.77. The molecular weight excluding hydrogens is 150 g/mol. The van der Waals surface area contributed by atoms with Gasteiger partial charge in [-0.1, -0.05) is 13.8 Å². The predicted molar refractivity (Wildman–Crippen MR) is 49.1 cm³/mol. The maximum Gasteiger partial charge on any atom is 0.0625 e. The molecule has 0 unspecified atom stereocenters. The first-order valence-corrected chi connectivity index (χ1v) is 5.09. The molecule has 0 aliphatic carbocycles. The van der Waals surface area contributed by atoms with Crippen molar-refractivity contribution in [1.82, 2.24) is 4.90 Å². The van der Waals surface area contributed by atoms with Gasteiger partial charge in [-0.25, -0.2) is 0 Å². The van der Waals surface area contributed by atoms with E-state index < -0.39 is 0 Å². The number of likely N-dealkylation sites (tertiary alicyclic amines) is 1. The molecule has 2 saturated heterocycles. The molecule has 2 rings (SSSR count). The molecule has 0 aromatic rings. The van der Waals surface area contributed by atoms with Gasteiger partial charge in [0, 0.05) is 18.5 Å². The van der Waals surface area contributed by atoms with Gasteiger partial charge in [0.25, 0.3) is 0 Å². The number of rotatable bonds is 2. The standard InChI is InChI=1S/C10H19NO/c1-8(2)5-11-4-3-9-6-12-7-10(9)11/h8-10H,3-7H2,1-2H3/t9-,10-/m1/s1. The molecule has 0 spiro atoms. The van der Waals surface area contributed by atoms with Gasteiger partial charge in [0.05, 0.1) is 13.2 Å². The molecule has 0 aromatic heterocycles. The largest absolute Gasteiger partial charge is 0.379 e. The summed E-state index contributed by atoms with van der Waals surface area (Å²) >= 11 is 0. The highest BCUT2D eigenvalue weighted by atomic mass is 16.5. The van der Waals surface area contributed by atoms with Crippen molar-refractivity contribution in [2.45, 2.75) is 26.3 Å². The van der Waals surface area contributed by atoms with Crippen LogP contribution in [-0.2, 0) is 4.74 Å². The molecule has 0 saturated carbocycles. The van der Waals surface area contributed by atoms with Crippen LogP contribution in [0, 0.1) is 11.8 Å². The topological polar surface area (TPSA) is 12.5 Å². The Labute approximate surface area is 74.9 Å². The maximum absolute atomic E-state index is 5.48. The van der Waals surface area contributed by atoms with E-state index in [-0.39, 0.29) is 0 Å². The Morgan fingerprint density at radius 1 is 1.42 bits per heavy atom. The normalized spacial score (nSPS) is 36.2. The van der Waals surface area contributed by atoms with E-state index in [0.29, 0.717) is 0 Å². The first kappa shape index (κ1) is 8.52. The van der Waals surface area contributed by atoms with Crippen LogP contribution in [0.15, 0.2) is 0 Å². The lowest BCUT2D eigenvalue weighted by molar-refractivity contribution is 0.140. The Hall–Kier alpha value is -0.0800. The molecule has 2 atom stereocenters. The molecule has 70 valence electrons. The fourth-order valence-corrected chi connectivity index (χ4v) is 2.46. The minimum absolute atomic E-state index is 0.757. The first-order valence-electron chi connectivity index (χ1n) is 5.09. The van der Waals surface area contributed by atoms with Gasteiger partial charge in [-0.2, -0.15) is 0 Å². The molecule has 0 radical (unpaired) electrons. The van der Waals surface area contributed by atoms with E-state index in [9.17, 15) is 0 Å². The van der Waals surface area contributed by atoms with Crippen molar-refractivity contribution in [3.8, 4) is 0 Å². The van der Waals surface area contributed by atoms with E-state index in [4.69, 9.17) is 4.74 Å². The van der Waals surface area contributed by atoms with E-state index in [1.165, 1.54) is 19.5 Å². The lowest BCUT2D eigenvalue weighted by atomic mass is 10.0. The Balaban J connectivity index is 1.91. The van der Waals surface area contributed by atoms with Gasteiger partial charge in [-0.3, -0.25) is 4.90 Å². The number of hydrogen-bond donors (Lipinski definition) is 0. The summed E-state index contributed by atoms with van der Waals surface area (Å²) in [5.41, 5.74) is 0. The Kier molecular flexibility index (Phi) is 2.37. The van der Waals surface area contributed by atoms with Crippen LogP contribution < -0.4 is 0 Å². The fraction of sp³-hybridized carbons (Fsp3) is 1.00. The second kappa shape index (κ2) is 3.35. The second-order valence-electron chi connectivity index (χ2n) is 4.54. The summed E-state index contributed by atoms with van der Waals surface area (Å²) in [5, 5.41) is 0. The Bertz CT molecular complexity index is 158. The summed E-state index contributed by atoms with van der Waals surface area (Å²) in [7, 11) is 0. The van der Waals surface area contributed by atoms with Gasteiger partial charge in [0.1, 0.15) is 0 Å². The second-order valence-corrected chi connectivity index (χ2v) is 4.54. The summed E-state index contributed by atoms with van der Waals surface area (Å²) in [5.74, 6) is 1.65. The van der Waals surface area contributed by atoms with Crippen LogP contribution in [0.3, 0.4) is 0 Å². The zero-order valence-corrected chi connectivity index (χ0v) is 8.12. The highest BCUT2D eigenvalue weighted by Crippen LogP contribution is 2.29. The lowest BCUT2D eigenvalue weighted by Gasteiger charge is -2.24. The molecule has 2 aliphatic rings. The number of hydrogen-bond acceptors (Lipinski definition) is 2. The average Bonchev–Trinajstić information content (AvgIpc) is 2.52. The van der Waals surface area contributed by atoms with Crippen LogP contribution in [0.5, 0.6) is 0 Å². The van der Waals surface area contributed by atoms with Crippen molar-refractivity contribution in [2.75, 3.05) is 26.3 Å². The molecule has 2 aliphatic heterocycles. The van der Waals surface area contributed by atoms with E-state index in [2.05, 4.69) is 18.7 Å². The van der Waals surface area contributed by atoms with E-state index >= 15 is 0 Å². The smallest absolute Gasteiger partial charge is 0.0625 e. The zero-order valence-electron chi connectivity index (χ0n) is 8.12. The van der Waals surface area contributed by atoms with Crippen molar-refractivity contribution < 1.29 is 4.74 Å². The molecule has 12 heavy (non-hydrogen) atoms. The minimum atomic E-state index is 0.757. The monoisotopic (exact) mass is 169 g/mol.